The molecule has 1 amide bonds. The van der Waals surface area contributed by atoms with E-state index in [1.165, 1.54) is 33.1 Å². The first-order valence-corrected chi connectivity index (χ1v) is 9.67. The van der Waals surface area contributed by atoms with E-state index in [0.29, 0.717) is 5.56 Å². The average Bonchev–Trinajstić information content (AvgIpc) is 3.38. The summed E-state index contributed by atoms with van der Waals surface area (Å²) < 4.78 is 23.6. The fourth-order valence-electron chi connectivity index (χ4n) is 3.34. The van der Waals surface area contributed by atoms with Crippen LogP contribution in [0.25, 0.3) is 11.0 Å². The zero-order valence-electron chi connectivity index (χ0n) is 17.9. The van der Waals surface area contributed by atoms with Gasteiger partial charge in [0.05, 0.1) is 19.7 Å². The van der Waals surface area contributed by atoms with Gasteiger partial charge in [-0.05, 0) is 24.3 Å². The van der Waals surface area contributed by atoms with Crippen molar-refractivity contribution in [3.8, 4) is 17.2 Å². The average molecular weight is 439 g/mol. The molecule has 11 nitrogen and oxygen atoms in total. The second-order valence-electron chi connectivity index (χ2n) is 6.91. The monoisotopic (exact) mass is 439 g/mol. The Hall–Kier alpha value is -4.15. The van der Waals surface area contributed by atoms with Crippen molar-refractivity contribution in [2.45, 2.75) is 26.6 Å². The molecule has 1 aliphatic heterocycles. The van der Waals surface area contributed by atoms with Crippen molar-refractivity contribution >= 4 is 28.8 Å². The molecule has 2 heterocycles. The van der Waals surface area contributed by atoms with Crippen LogP contribution in [0, 0.1) is 0 Å². The highest BCUT2D eigenvalue weighted by Gasteiger charge is 2.34. The molecule has 1 aliphatic rings. The van der Waals surface area contributed by atoms with Crippen LogP contribution in [-0.4, -0.2) is 52.0 Å². The predicted octanol–water partition coefficient (Wildman–Crippen LogP) is 2.26. The molecule has 0 fully saturated rings. The second-order valence-corrected chi connectivity index (χ2v) is 6.91. The maximum Gasteiger partial charge on any atom is 0.308 e. The maximum atomic E-state index is 12.3. The van der Waals surface area contributed by atoms with Gasteiger partial charge in [-0.1, -0.05) is 17.3 Å². The molecule has 32 heavy (non-hydrogen) atoms. The van der Waals surface area contributed by atoms with Crippen LogP contribution in [0.4, 0.5) is 0 Å². The van der Waals surface area contributed by atoms with E-state index in [4.69, 9.17) is 18.9 Å². The Morgan fingerprint density at radius 2 is 1.78 bits per heavy atom. The van der Waals surface area contributed by atoms with Gasteiger partial charge in [-0.3, -0.25) is 9.59 Å². The van der Waals surface area contributed by atoms with Crippen molar-refractivity contribution in [1.29, 1.82) is 0 Å². The number of esters is 1. The van der Waals surface area contributed by atoms with E-state index in [1.807, 2.05) is 24.3 Å². The summed E-state index contributed by atoms with van der Waals surface area (Å²) in [6.45, 7) is 2.84. The van der Waals surface area contributed by atoms with Gasteiger partial charge in [-0.15, -0.1) is 10.2 Å². The van der Waals surface area contributed by atoms with Gasteiger partial charge in [0.15, 0.2) is 11.5 Å². The number of rotatable bonds is 6. The molecular formula is C21H21N5O6. The Kier molecular flexibility index (Phi) is 5.63. The molecule has 166 valence electrons. The minimum atomic E-state index is -0.869. The molecule has 2 aromatic carbocycles. The molecule has 1 aromatic heterocycles. The largest absolute Gasteiger partial charge is 0.493 e. The number of carbonyl (C=O) groups is 2. The van der Waals surface area contributed by atoms with Crippen LogP contribution in [0.3, 0.4) is 0 Å². The Morgan fingerprint density at radius 1 is 1.09 bits per heavy atom. The first-order chi connectivity index (χ1) is 15.4. The molecule has 3 aromatic rings. The van der Waals surface area contributed by atoms with Gasteiger partial charge in [-0.25, -0.2) is 4.68 Å². The molecule has 11 heteroatoms. The van der Waals surface area contributed by atoms with Gasteiger partial charge in [0, 0.05) is 19.4 Å². The summed E-state index contributed by atoms with van der Waals surface area (Å²) >= 11 is 0. The Morgan fingerprint density at radius 3 is 2.41 bits per heavy atom. The lowest BCUT2D eigenvalue weighted by molar-refractivity contribution is -0.135. The predicted molar refractivity (Wildman–Crippen MR) is 112 cm³/mol. The van der Waals surface area contributed by atoms with E-state index in [-0.39, 0.29) is 35.6 Å². The number of benzene rings is 2. The Bertz CT molecular complexity index is 1200. The number of nitrogens with zero attached hydrogens (tertiary/aromatic N) is 5. The molecule has 4 rings (SSSR count). The van der Waals surface area contributed by atoms with Crippen LogP contribution in [-0.2, 0) is 20.9 Å². The first kappa shape index (κ1) is 21.1. The zero-order valence-corrected chi connectivity index (χ0v) is 17.9. The van der Waals surface area contributed by atoms with Crippen molar-refractivity contribution in [2.75, 3.05) is 14.2 Å². The summed E-state index contributed by atoms with van der Waals surface area (Å²) in [5, 5.41) is 13.8. The third kappa shape index (κ3) is 3.92. The SMILES string of the molecule is COc1cc(C2OC(Cn3nnc4ccccc43)=NN2C(C)=O)cc(OC)c1OC(C)=O. The van der Waals surface area contributed by atoms with Crippen molar-refractivity contribution in [3.05, 3.63) is 42.0 Å². The van der Waals surface area contributed by atoms with Crippen molar-refractivity contribution in [3.63, 3.8) is 0 Å². The molecule has 0 radical (unpaired) electrons. The number of hydrogen-bond donors (Lipinski definition) is 0. The summed E-state index contributed by atoms with van der Waals surface area (Å²) in [5.74, 6) is 0.0596. The minimum absolute atomic E-state index is 0.133. The fourth-order valence-corrected chi connectivity index (χ4v) is 3.34. The second kappa shape index (κ2) is 8.53. The number of carbonyl (C=O) groups excluding carboxylic acids is 2. The maximum absolute atomic E-state index is 12.3. The van der Waals surface area contributed by atoms with Gasteiger partial charge < -0.3 is 18.9 Å². The smallest absolute Gasteiger partial charge is 0.308 e. The number of ether oxygens (including phenoxy) is 4. The van der Waals surface area contributed by atoms with E-state index < -0.39 is 12.2 Å². The molecule has 0 saturated carbocycles. The van der Waals surface area contributed by atoms with Gasteiger partial charge in [0.1, 0.15) is 12.1 Å². The van der Waals surface area contributed by atoms with Gasteiger partial charge >= 0.3 is 5.97 Å². The van der Waals surface area contributed by atoms with E-state index in [2.05, 4.69) is 15.4 Å². The first-order valence-electron chi connectivity index (χ1n) is 9.67. The number of amides is 1. The topological polar surface area (TPSA) is 117 Å². The zero-order chi connectivity index (χ0) is 22.8. The van der Waals surface area contributed by atoms with E-state index in [1.54, 1.807) is 16.8 Å². The minimum Gasteiger partial charge on any atom is -0.493 e. The van der Waals surface area contributed by atoms with E-state index >= 15 is 0 Å². The van der Waals surface area contributed by atoms with Crippen molar-refractivity contribution in [1.82, 2.24) is 20.0 Å². The number of para-hydroxylation sites is 1. The number of fused-ring (bicyclic) bond motifs is 1. The fraction of sp³-hybridized carbons (Fsp3) is 0.286. The molecule has 1 atom stereocenters. The summed E-state index contributed by atoms with van der Waals surface area (Å²) in [7, 11) is 2.86. The Labute approximate surface area is 183 Å². The van der Waals surface area contributed by atoms with Crippen LogP contribution >= 0.6 is 0 Å². The highest BCUT2D eigenvalue weighted by atomic mass is 16.6. The summed E-state index contributed by atoms with van der Waals surface area (Å²) in [6, 6.07) is 10.7. The molecule has 0 bridgehead atoms. The normalized spacial score (nSPS) is 15.3. The molecular weight excluding hydrogens is 418 g/mol. The number of methoxy groups -OCH3 is 2. The number of hydrogen-bond acceptors (Lipinski definition) is 9. The molecule has 1 unspecified atom stereocenters. The van der Waals surface area contributed by atoms with Crippen LogP contribution in [0.15, 0.2) is 41.5 Å². The highest BCUT2D eigenvalue weighted by molar-refractivity contribution is 5.84. The quantitative estimate of drug-likeness (QED) is 0.424. The summed E-state index contributed by atoms with van der Waals surface area (Å²) in [4.78, 5) is 23.8. The standard InChI is InChI=1S/C21H21N5O6/c1-12(27)26-21(14-9-17(29-3)20(31-13(2)28)18(10-14)30-4)32-19(23-26)11-25-16-8-6-5-7-15(16)22-24-25/h5-10,21H,11H2,1-4H3. The molecule has 0 N–H and O–H groups in total. The van der Waals surface area contributed by atoms with Crippen molar-refractivity contribution in [2.24, 2.45) is 5.10 Å². The van der Waals surface area contributed by atoms with Crippen LogP contribution in [0.1, 0.15) is 25.6 Å². The molecule has 0 spiro atoms. The number of hydrazone groups is 1. The lowest BCUT2D eigenvalue weighted by Crippen LogP contribution is -2.25. The Balaban J connectivity index is 1.66. The lowest BCUT2D eigenvalue weighted by Gasteiger charge is -2.21. The summed E-state index contributed by atoms with van der Waals surface area (Å²) in [5.41, 5.74) is 2.07. The third-order valence-corrected chi connectivity index (χ3v) is 4.73. The van der Waals surface area contributed by atoms with Crippen LogP contribution in [0.5, 0.6) is 17.2 Å². The van der Waals surface area contributed by atoms with Crippen LogP contribution in [0.2, 0.25) is 0 Å². The van der Waals surface area contributed by atoms with Crippen LogP contribution < -0.4 is 14.2 Å². The molecule has 0 aliphatic carbocycles. The van der Waals surface area contributed by atoms with E-state index in [9.17, 15) is 9.59 Å². The summed E-state index contributed by atoms with van der Waals surface area (Å²) in [6.07, 6.45) is -0.869. The van der Waals surface area contributed by atoms with Gasteiger partial charge in [0.25, 0.3) is 0 Å². The third-order valence-electron chi connectivity index (χ3n) is 4.73. The lowest BCUT2D eigenvalue weighted by atomic mass is 10.1. The number of aromatic nitrogens is 3. The van der Waals surface area contributed by atoms with E-state index in [0.717, 1.165) is 11.0 Å². The highest BCUT2D eigenvalue weighted by Crippen LogP contribution is 2.42. The van der Waals surface area contributed by atoms with Crippen molar-refractivity contribution < 1.29 is 28.5 Å². The van der Waals surface area contributed by atoms with Gasteiger partial charge in [-0.2, -0.15) is 5.01 Å². The van der Waals surface area contributed by atoms with Gasteiger partial charge in [0.2, 0.25) is 23.8 Å². The molecule has 0 saturated heterocycles.